The normalized spacial score (nSPS) is 15.2. The van der Waals surface area contributed by atoms with E-state index in [1.54, 1.807) is 6.92 Å². The molecule has 1 atom stereocenters. The van der Waals surface area contributed by atoms with Gasteiger partial charge in [0.1, 0.15) is 12.6 Å². The lowest BCUT2D eigenvalue weighted by Gasteiger charge is -2.33. The predicted molar refractivity (Wildman–Crippen MR) is 145 cm³/mol. The Labute approximate surface area is 223 Å². The maximum absolute atomic E-state index is 13.6. The first-order valence-electron chi connectivity index (χ1n) is 12.1. The molecular weight excluding hydrogens is 521 g/mol. The van der Waals surface area contributed by atoms with E-state index in [2.05, 4.69) is 5.32 Å². The van der Waals surface area contributed by atoms with Gasteiger partial charge >= 0.3 is 0 Å². The fraction of sp³-hybridized carbons (Fsp3) is 0.462. The summed E-state index contributed by atoms with van der Waals surface area (Å²) in [4.78, 5) is 28.2. The van der Waals surface area contributed by atoms with Crippen LogP contribution in [0.25, 0.3) is 0 Å². The minimum atomic E-state index is -3.83. The molecule has 2 aromatic carbocycles. The second kappa shape index (κ2) is 12.8. The van der Waals surface area contributed by atoms with E-state index < -0.39 is 28.5 Å². The average molecular weight is 555 g/mol. The zero-order chi connectivity index (χ0) is 26.3. The van der Waals surface area contributed by atoms with Crippen LogP contribution in [0.5, 0.6) is 0 Å². The van der Waals surface area contributed by atoms with Crippen molar-refractivity contribution in [1.29, 1.82) is 0 Å². The quantitative estimate of drug-likeness (QED) is 0.463. The van der Waals surface area contributed by atoms with Crippen molar-refractivity contribution in [3.8, 4) is 0 Å². The summed E-state index contributed by atoms with van der Waals surface area (Å²) in [5.74, 6) is -0.711. The molecular formula is C26H33Cl2N3O4S. The summed E-state index contributed by atoms with van der Waals surface area (Å²) < 4.78 is 26.2. The molecule has 0 unspecified atom stereocenters. The highest BCUT2D eigenvalue weighted by molar-refractivity contribution is 7.92. The highest BCUT2D eigenvalue weighted by Gasteiger charge is 2.31. The predicted octanol–water partition coefficient (Wildman–Crippen LogP) is 4.67. The van der Waals surface area contributed by atoms with Gasteiger partial charge in [0, 0.05) is 12.6 Å². The number of anilines is 1. The first-order chi connectivity index (χ1) is 17.1. The number of carbonyl (C=O) groups is 2. The lowest BCUT2D eigenvalue weighted by molar-refractivity contribution is -0.139. The Hall–Kier alpha value is -2.29. The second-order valence-electron chi connectivity index (χ2n) is 9.21. The number of nitrogens with zero attached hydrogens (tertiary/aromatic N) is 2. The highest BCUT2D eigenvalue weighted by Crippen LogP contribution is 2.28. The molecule has 36 heavy (non-hydrogen) atoms. The molecule has 0 radical (unpaired) electrons. The van der Waals surface area contributed by atoms with Gasteiger partial charge < -0.3 is 10.2 Å². The Kier molecular flexibility index (Phi) is 10.0. The molecule has 0 aliphatic heterocycles. The molecule has 2 aromatic rings. The van der Waals surface area contributed by atoms with Gasteiger partial charge in [0.05, 0.1) is 22.0 Å². The van der Waals surface area contributed by atoms with Crippen molar-refractivity contribution in [3.63, 3.8) is 0 Å². The van der Waals surface area contributed by atoms with Gasteiger partial charge in [-0.3, -0.25) is 13.9 Å². The fourth-order valence-corrected chi connectivity index (χ4v) is 5.53. The van der Waals surface area contributed by atoms with Gasteiger partial charge in [-0.25, -0.2) is 8.42 Å². The van der Waals surface area contributed by atoms with E-state index in [9.17, 15) is 18.0 Å². The number of amides is 2. The molecule has 2 amide bonds. The van der Waals surface area contributed by atoms with Gasteiger partial charge in [0.25, 0.3) is 0 Å². The Bertz CT molecular complexity index is 1160. The van der Waals surface area contributed by atoms with E-state index in [4.69, 9.17) is 23.2 Å². The smallest absolute Gasteiger partial charge is 0.244 e. The van der Waals surface area contributed by atoms with Gasteiger partial charge in [-0.05, 0) is 49.9 Å². The molecule has 0 bridgehead atoms. The molecule has 3 rings (SSSR count). The lowest BCUT2D eigenvalue weighted by atomic mass is 9.95. The molecule has 1 fully saturated rings. The molecule has 0 aromatic heterocycles. The first kappa shape index (κ1) is 28.3. The fourth-order valence-electron chi connectivity index (χ4n) is 4.39. The standard InChI is InChI=1S/C26H33Cl2N3O4S/c1-19(26(33)29-21-11-7-4-8-12-21)30(16-15-20-9-5-3-6-10-20)25(32)18-31(36(2,34)35)22-13-14-23(27)24(28)17-22/h3,5-6,9-10,13-14,17,19,21H,4,7-8,11-12,15-16,18H2,1-2H3,(H,29,33)/t19-/m1/s1. The van der Waals surface area contributed by atoms with Crippen LogP contribution in [0, 0.1) is 0 Å². The van der Waals surface area contributed by atoms with Crippen LogP contribution in [0.3, 0.4) is 0 Å². The van der Waals surface area contributed by atoms with Gasteiger partial charge in [0.15, 0.2) is 0 Å². The molecule has 1 aliphatic carbocycles. The van der Waals surface area contributed by atoms with Crippen molar-refractivity contribution in [1.82, 2.24) is 10.2 Å². The summed E-state index contributed by atoms with van der Waals surface area (Å²) in [7, 11) is -3.83. The average Bonchev–Trinajstić information content (AvgIpc) is 2.85. The van der Waals surface area contributed by atoms with Gasteiger partial charge in [0.2, 0.25) is 21.8 Å². The molecule has 0 saturated heterocycles. The Morgan fingerprint density at radius 3 is 2.31 bits per heavy atom. The van der Waals surface area contributed by atoms with Crippen LogP contribution < -0.4 is 9.62 Å². The van der Waals surface area contributed by atoms with E-state index >= 15 is 0 Å². The summed E-state index contributed by atoms with van der Waals surface area (Å²) in [6.45, 7) is 1.48. The van der Waals surface area contributed by atoms with Crippen molar-refractivity contribution < 1.29 is 18.0 Å². The zero-order valence-electron chi connectivity index (χ0n) is 20.6. The van der Waals surface area contributed by atoms with Gasteiger partial charge in [-0.2, -0.15) is 0 Å². The molecule has 1 aliphatic rings. The maximum atomic E-state index is 13.6. The number of carbonyl (C=O) groups excluding carboxylic acids is 2. The number of halogens is 2. The largest absolute Gasteiger partial charge is 0.352 e. The monoisotopic (exact) mass is 553 g/mol. The van der Waals surface area contributed by atoms with Crippen molar-refractivity contribution in [2.75, 3.05) is 23.7 Å². The first-order valence-corrected chi connectivity index (χ1v) is 14.7. The van der Waals surface area contributed by atoms with Crippen molar-refractivity contribution in [2.24, 2.45) is 0 Å². The topological polar surface area (TPSA) is 86.8 Å². The molecule has 0 heterocycles. The number of sulfonamides is 1. The van der Waals surface area contributed by atoms with Crippen LogP contribution >= 0.6 is 23.2 Å². The van der Waals surface area contributed by atoms with E-state index in [0.717, 1.165) is 41.8 Å². The number of nitrogens with one attached hydrogen (secondary N) is 1. The third-order valence-electron chi connectivity index (χ3n) is 6.47. The van der Waals surface area contributed by atoms with Crippen molar-refractivity contribution in [2.45, 2.75) is 57.5 Å². The number of hydrogen-bond donors (Lipinski definition) is 1. The van der Waals surface area contributed by atoms with Crippen LogP contribution in [0.2, 0.25) is 10.0 Å². The highest BCUT2D eigenvalue weighted by atomic mass is 35.5. The lowest BCUT2D eigenvalue weighted by Crippen LogP contribution is -2.53. The van der Waals surface area contributed by atoms with Crippen LogP contribution in [0.1, 0.15) is 44.6 Å². The number of rotatable bonds is 10. The Balaban J connectivity index is 1.82. The SMILES string of the molecule is C[C@H](C(=O)NC1CCCCC1)N(CCc1ccccc1)C(=O)CN(c1ccc(Cl)c(Cl)c1)S(C)(=O)=O. The minimum absolute atomic E-state index is 0.100. The second-order valence-corrected chi connectivity index (χ2v) is 11.9. The van der Waals surface area contributed by atoms with Crippen LogP contribution in [-0.4, -0.2) is 56.6 Å². The third-order valence-corrected chi connectivity index (χ3v) is 8.35. The summed E-state index contributed by atoms with van der Waals surface area (Å²) >= 11 is 12.1. The summed E-state index contributed by atoms with van der Waals surface area (Å²) in [5, 5.41) is 3.54. The van der Waals surface area contributed by atoms with Crippen molar-refractivity contribution >= 4 is 50.7 Å². The Morgan fingerprint density at radius 1 is 1.03 bits per heavy atom. The third kappa shape index (κ3) is 7.85. The van der Waals surface area contributed by atoms with E-state index in [0.29, 0.717) is 6.42 Å². The van der Waals surface area contributed by atoms with Gasteiger partial charge in [-0.15, -0.1) is 0 Å². The van der Waals surface area contributed by atoms with E-state index in [1.165, 1.54) is 29.5 Å². The summed E-state index contributed by atoms with van der Waals surface area (Å²) in [6.07, 6.45) is 6.71. The van der Waals surface area contributed by atoms with Gasteiger partial charge in [-0.1, -0.05) is 72.8 Å². The minimum Gasteiger partial charge on any atom is -0.352 e. The number of benzene rings is 2. The van der Waals surface area contributed by atoms with Crippen LogP contribution in [-0.2, 0) is 26.0 Å². The van der Waals surface area contributed by atoms with Crippen LogP contribution in [0.15, 0.2) is 48.5 Å². The molecule has 1 saturated carbocycles. The zero-order valence-corrected chi connectivity index (χ0v) is 23.0. The molecule has 196 valence electrons. The van der Waals surface area contributed by atoms with Crippen molar-refractivity contribution in [3.05, 3.63) is 64.1 Å². The Morgan fingerprint density at radius 2 is 1.69 bits per heavy atom. The van der Waals surface area contributed by atoms with Crippen LogP contribution in [0.4, 0.5) is 5.69 Å². The molecule has 1 N–H and O–H groups in total. The molecule has 0 spiro atoms. The summed E-state index contributed by atoms with van der Waals surface area (Å²) in [6, 6.07) is 13.4. The summed E-state index contributed by atoms with van der Waals surface area (Å²) in [5.41, 5.74) is 1.24. The van der Waals surface area contributed by atoms with E-state index in [1.807, 2.05) is 30.3 Å². The maximum Gasteiger partial charge on any atom is 0.244 e. The molecule has 10 heteroatoms. The van der Waals surface area contributed by atoms with E-state index in [-0.39, 0.29) is 34.2 Å². The molecule has 7 nitrogen and oxygen atoms in total. The number of hydrogen-bond acceptors (Lipinski definition) is 4.